The number of carbonyl (C=O) groups excluding carboxylic acids is 2. The molecule has 166 valence electrons. The maximum absolute atomic E-state index is 12.3. The second-order valence-corrected chi connectivity index (χ2v) is 11.1. The highest BCUT2D eigenvalue weighted by Crippen LogP contribution is 2.30. The molecule has 3 atom stereocenters. The number of likely N-dealkylation sites (tertiary alicyclic amines) is 1. The van der Waals surface area contributed by atoms with Crippen molar-refractivity contribution in [2.24, 2.45) is 11.8 Å². The Hall–Kier alpha value is -1.87. The van der Waals surface area contributed by atoms with Gasteiger partial charge < -0.3 is 9.64 Å². The summed E-state index contributed by atoms with van der Waals surface area (Å²) in [6.45, 7) is 7.02. The van der Waals surface area contributed by atoms with E-state index in [1.807, 2.05) is 0 Å². The van der Waals surface area contributed by atoms with E-state index in [1.54, 1.807) is 11.8 Å². The third-order valence-corrected chi connectivity index (χ3v) is 7.70. The standard InChI is InChI=1S/C20H28ClN3O5S/c1-13-8-14(2)10-23(9-13)18(25)11-29-19(26)5-4-17-15(3)22-24(20(17)21)16-6-7-30(27,28)12-16/h4-5,13-14,16H,6-12H2,1-3H3/b5-4+. The van der Waals surface area contributed by atoms with E-state index in [-0.39, 0.29) is 35.2 Å². The van der Waals surface area contributed by atoms with Crippen LogP contribution in [0.2, 0.25) is 5.15 Å². The Bertz CT molecular complexity index is 946. The van der Waals surface area contributed by atoms with Gasteiger partial charge in [-0.05, 0) is 37.7 Å². The molecule has 0 aromatic carbocycles. The summed E-state index contributed by atoms with van der Waals surface area (Å²) in [4.78, 5) is 26.1. The summed E-state index contributed by atoms with van der Waals surface area (Å²) in [5, 5.41) is 4.62. The molecule has 1 amide bonds. The summed E-state index contributed by atoms with van der Waals surface area (Å²) in [5.41, 5.74) is 1.11. The summed E-state index contributed by atoms with van der Waals surface area (Å²) in [7, 11) is -3.07. The molecule has 3 rings (SSSR count). The van der Waals surface area contributed by atoms with Crippen LogP contribution in [-0.2, 0) is 24.2 Å². The van der Waals surface area contributed by atoms with E-state index < -0.39 is 15.8 Å². The fourth-order valence-electron chi connectivity index (χ4n) is 4.22. The molecule has 8 nitrogen and oxygen atoms in total. The number of aromatic nitrogens is 2. The molecule has 2 fully saturated rings. The summed E-state index contributed by atoms with van der Waals surface area (Å²) in [6, 6.07) is -0.303. The van der Waals surface area contributed by atoms with Crippen LogP contribution in [0.5, 0.6) is 0 Å². The number of nitrogens with zero attached hydrogens (tertiary/aromatic N) is 3. The minimum atomic E-state index is -3.07. The third kappa shape index (κ3) is 5.43. The lowest BCUT2D eigenvalue weighted by Crippen LogP contribution is -2.44. The van der Waals surface area contributed by atoms with Gasteiger partial charge in [-0.1, -0.05) is 25.4 Å². The van der Waals surface area contributed by atoms with E-state index in [9.17, 15) is 18.0 Å². The van der Waals surface area contributed by atoms with E-state index in [0.29, 0.717) is 42.6 Å². The highest BCUT2D eigenvalue weighted by molar-refractivity contribution is 7.91. The van der Waals surface area contributed by atoms with Gasteiger partial charge >= 0.3 is 5.97 Å². The summed E-state index contributed by atoms with van der Waals surface area (Å²) in [6.07, 6.45) is 4.25. The van der Waals surface area contributed by atoms with E-state index >= 15 is 0 Å². The molecular formula is C20H28ClN3O5S. The summed E-state index contributed by atoms with van der Waals surface area (Å²) >= 11 is 6.38. The van der Waals surface area contributed by atoms with Crippen molar-refractivity contribution in [3.8, 4) is 0 Å². The van der Waals surface area contributed by atoms with Gasteiger partial charge in [-0.15, -0.1) is 0 Å². The Labute approximate surface area is 182 Å². The predicted octanol–water partition coefficient (Wildman–Crippen LogP) is 2.27. The number of hydrogen-bond acceptors (Lipinski definition) is 6. The number of rotatable bonds is 5. The zero-order valence-electron chi connectivity index (χ0n) is 17.5. The van der Waals surface area contributed by atoms with E-state index in [1.165, 1.54) is 16.8 Å². The first-order valence-electron chi connectivity index (χ1n) is 10.1. The average Bonchev–Trinajstić information content (AvgIpc) is 3.15. The first-order chi connectivity index (χ1) is 14.1. The molecule has 0 spiro atoms. The smallest absolute Gasteiger partial charge is 0.331 e. The fraction of sp³-hybridized carbons (Fsp3) is 0.650. The lowest BCUT2D eigenvalue weighted by molar-refractivity contribution is -0.149. The van der Waals surface area contributed by atoms with Gasteiger partial charge in [0.2, 0.25) is 0 Å². The number of amides is 1. The molecule has 0 radical (unpaired) electrons. The molecule has 3 unspecified atom stereocenters. The monoisotopic (exact) mass is 457 g/mol. The molecule has 2 saturated heterocycles. The van der Waals surface area contributed by atoms with Crippen molar-refractivity contribution in [2.75, 3.05) is 31.2 Å². The van der Waals surface area contributed by atoms with Crippen molar-refractivity contribution >= 4 is 39.4 Å². The maximum Gasteiger partial charge on any atom is 0.331 e. The molecule has 1 aromatic heterocycles. The normalized spacial score (nSPS) is 26.3. The van der Waals surface area contributed by atoms with Crippen LogP contribution < -0.4 is 0 Å². The predicted molar refractivity (Wildman–Crippen MR) is 114 cm³/mol. The fourth-order valence-corrected chi connectivity index (χ4v) is 6.29. The third-order valence-electron chi connectivity index (χ3n) is 5.57. The van der Waals surface area contributed by atoms with Gasteiger partial charge in [-0.2, -0.15) is 5.10 Å². The molecule has 2 aliphatic heterocycles. The Morgan fingerprint density at radius 2 is 1.93 bits per heavy atom. The quantitative estimate of drug-likeness (QED) is 0.496. The molecule has 10 heteroatoms. The average molecular weight is 458 g/mol. The van der Waals surface area contributed by atoms with Gasteiger partial charge in [0.15, 0.2) is 16.4 Å². The minimum absolute atomic E-state index is 0.00881. The number of halogens is 1. The zero-order chi connectivity index (χ0) is 22.1. The van der Waals surface area contributed by atoms with Gasteiger partial charge in [0, 0.05) is 24.7 Å². The van der Waals surface area contributed by atoms with Crippen LogP contribution in [0.1, 0.15) is 44.0 Å². The molecular weight excluding hydrogens is 430 g/mol. The lowest BCUT2D eigenvalue weighted by Gasteiger charge is -2.34. The van der Waals surface area contributed by atoms with Gasteiger partial charge in [-0.3, -0.25) is 4.79 Å². The Morgan fingerprint density at radius 3 is 2.53 bits per heavy atom. The number of hydrogen-bond donors (Lipinski definition) is 0. The van der Waals surface area contributed by atoms with Gasteiger partial charge in [0.05, 0.1) is 23.2 Å². The zero-order valence-corrected chi connectivity index (χ0v) is 19.1. The van der Waals surface area contributed by atoms with Gasteiger partial charge in [-0.25, -0.2) is 17.9 Å². The molecule has 0 saturated carbocycles. The van der Waals surface area contributed by atoms with Crippen molar-refractivity contribution in [1.29, 1.82) is 0 Å². The summed E-state index contributed by atoms with van der Waals surface area (Å²) in [5.74, 6) is 0.157. The highest BCUT2D eigenvalue weighted by atomic mass is 35.5. The second kappa shape index (κ2) is 9.09. The molecule has 0 bridgehead atoms. The van der Waals surface area contributed by atoms with Crippen LogP contribution in [0, 0.1) is 18.8 Å². The first kappa shape index (κ1) is 22.8. The Kier molecular flexibility index (Phi) is 6.91. The molecule has 2 aliphatic rings. The van der Waals surface area contributed by atoms with Crippen molar-refractivity contribution in [3.63, 3.8) is 0 Å². The second-order valence-electron chi connectivity index (χ2n) is 8.48. The Morgan fingerprint density at radius 1 is 1.27 bits per heavy atom. The molecule has 1 aromatic rings. The highest BCUT2D eigenvalue weighted by Gasteiger charge is 2.32. The maximum atomic E-state index is 12.3. The van der Waals surface area contributed by atoms with E-state index in [0.717, 1.165) is 6.42 Å². The van der Waals surface area contributed by atoms with Crippen LogP contribution >= 0.6 is 11.6 Å². The molecule has 30 heavy (non-hydrogen) atoms. The van der Waals surface area contributed by atoms with Crippen LogP contribution in [0.15, 0.2) is 6.08 Å². The van der Waals surface area contributed by atoms with Crippen molar-refractivity contribution in [1.82, 2.24) is 14.7 Å². The largest absolute Gasteiger partial charge is 0.452 e. The van der Waals surface area contributed by atoms with Gasteiger partial charge in [0.1, 0.15) is 5.15 Å². The number of carbonyl (C=O) groups is 2. The van der Waals surface area contributed by atoms with Crippen LogP contribution in [-0.4, -0.2) is 66.2 Å². The van der Waals surface area contributed by atoms with Crippen LogP contribution in [0.25, 0.3) is 6.08 Å². The number of ether oxygens (including phenoxy) is 1. The van der Waals surface area contributed by atoms with Crippen LogP contribution in [0.4, 0.5) is 0 Å². The number of aryl methyl sites for hydroxylation is 1. The van der Waals surface area contributed by atoms with Crippen molar-refractivity contribution in [2.45, 2.75) is 39.7 Å². The number of esters is 1. The SMILES string of the molecule is Cc1nn(C2CCS(=O)(=O)C2)c(Cl)c1/C=C/C(=O)OCC(=O)N1CC(C)CC(C)C1. The van der Waals surface area contributed by atoms with E-state index in [4.69, 9.17) is 16.3 Å². The summed E-state index contributed by atoms with van der Waals surface area (Å²) < 4.78 is 30.0. The van der Waals surface area contributed by atoms with E-state index in [2.05, 4.69) is 18.9 Å². The molecule has 3 heterocycles. The Balaban J connectivity index is 1.58. The molecule has 0 aliphatic carbocycles. The van der Waals surface area contributed by atoms with Crippen molar-refractivity contribution < 1.29 is 22.7 Å². The number of sulfone groups is 1. The van der Waals surface area contributed by atoms with Crippen molar-refractivity contribution in [3.05, 3.63) is 22.5 Å². The topological polar surface area (TPSA) is 98.6 Å². The lowest BCUT2D eigenvalue weighted by atomic mass is 9.92. The first-order valence-corrected chi connectivity index (χ1v) is 12.3. The number of piperidine rings is 1. The minimum Gasteiger partial charge on any atom is -0.452 e. The van der Waals surface area contributed by atoms with Crippen LogP contribution in [0.3, 0.4) is 0 Å². The van der Waals surface area contributed by atoms with Gasteiger partial charge in [0.25, 0.3) is 5.91 Å². The molecule has 0 N–H and O–H groups in total.